The van der Waals surface area contributed by atoms with Crippen LogP contribution in [0.4, 0.5) is 0 Å². The fourth-order valence-corrected chi connectivity index (χ4v) is 11.1. The number of aliphatic hydroxyl groups excluding tert-OH is 1. The Hall–Kier alpha value is -6.40. The maximum absolute atomic E-state index is 11.2. The zero-order chi connectivity index (χ0) is 93.4. The summed E-state index contributed by atoms with van der Waals surface area (Å²) >= 11 is 21.7. The van der Waals surface area contributed by atoms with Gasteiger partial charge in [0.05, 0.1) is 78.1 Å². The number of carbonyl (C=O) groups excluding carboxylic acids is 9. The Bertz CT molecular complexity index is 3860. The first-order valence-electron chi connectivity index (χ1n) is 39.9. The minimum atomic E-state index is -3.22. The molecular weight excluding hydrogens is 1850 g/mol. The van der Waals surface area contributed by atoms with Crippen LogP contribution < -0.4 is 18.9 Å². The number of aliphatic hydroxyl groups is 1. The summed E-state index contributed by atoms with van der Waals surface area (Å²) in [4.78, 5) is 127. The van der Waals surface area contributed by atoms with Gasteiger partial charge in [0.2, 0.25) is 0 Å². The summed E-state index contributed by atoms with van der Waals surface area (Å²) in [7, 11) is 22.2. The smallest absolute Gasteiger partial charge is 0.870 e. The second-order valence-corrected chi connectivity index (χ2v) is 41.4. The molecule has 0 radical (unpaired) electrons. The van der Waals surface area contributed by atoms with Crippen LogP contribution in [0.25, 0.3) is 0 Å². The molecule has 710 valence electrons. The van der Waals surface area contributed by atoms with E-state index in [4.69, 9.17) is 78.1 Å². The van der Waals surface area contributed by atoms with Gasteiger partial charge in [0, 0.05) is 58.0 Å². The number of carboxylic acid groups (broad SMARTS) is 3. The van der Waals surface area contributed by atoms with Gasteiger partial charge in [-0.05, 0) is 225 Å². The van der Waals surface area contributed by atoms with Crippen LogP contribution in [0.2, 0.25) is 0 Å². The fourth-order valence-electron chi connectivity index (χ4n) is 11.1. The SMILES string of the molecule is C.C1=CCC=C1.CC(=O)C1=CC=C(CCCC(=O)O)C1.CC1CCCO1.COC(=O)CCCC1=CC=C(C(C)=O)C1.COC(=O)CCCC1=CC=C(C(C)O)C1.COC(=O)CCCC1=CC=C(OC)C1.COC(=O)CCCC1=CC=CC1.ClCCl.O.O=C(O)CCC(=O)C1=CC=CC1.O=C(O)CCCC1=CC=CC1.O=C1CCC(=O)O1.O=P(Cl)(Cl)Cl.[Cl][Al]([Cl])[Cl].[Li+].[OH-]. The molecule has 127 heavy (non-hydrogen) atoms. The molecular formula is C90H129AlCl8LiO26P. The van der Waals surface area contributed by atoms with Crippen molar-refractivity contribution in [2.75, 3.05) is 47.5 Å². The van der Waals surface area contributed by atoms with Crippen LogP contribution in [0.15, 0.2) is 189 Å². The summed E-state index contributed by atoms with van der Waals surface area (Å²) in [5, 5.41) is 31.4. The van der Waals surface area contributed by atoms with Crippen molar-refractivity contribution in [3.63, 3.8) is 0 Å². The summed E-state index contributed by atoms with van der Waals surface area (Å²) in [6.45, 7) is 8.02. The van der Waals surface area contributed by atoms with E-state index in [-0.39, 0.29) is 128 Å². The molecule has 10 aliphatic rings. The first-order chi connectivity index (χ1) is 58.2. The number of aliphatic carboxylic acids is 3. The number of rotatable bonds is 32. The second kappa shape index (κ2) is 86.3. The number of carboxylic acids is 3. The summed E-state index contributed by atoms with van der Waals surface area (Å²) in [5.74, 6) is -2.57. The van der Waals surface area contributed by atoms with E-state index in [9.17, 15) is 67.2 Å². The normalized spacial score (nSPS) is 15.3. The van der Waals surface area contributed by atoms with Gasteiger partial charge in [-0.15, -0.1) is 23.2 Å². The zero-order valence-electron chi connectivity index (χ0n) is 73.8. The van der Waals surface area contributed by atoms with Crippen LogP contribution in [-0.2, 0) is 95.3 Å². The number of esters is 6. The van der Waals surface area contributed by atoms with Crippen molar-refractivity contribution in [2.24, 2.45) is 0 Å². The molecule has 2 saturated heterocycles. The monoisotopic (exact) mass is 1970 g/mol. The quantitative estimate of drug-likeness (QED) is 0.0121. The van der Waals surface area contributed by atoms with Gasteiger partial charge in [0.15, 0.2) is 17.3 Å². The molecule has 7 N–H and O–H groups in total. The van der Waals surface area contributed by atoms with Crippen LogP contribution in [-0.4, -0.2) is 174 Å². The summed E-state index contributed by atoms with van der Waals surface area (Å²) in [6, 6.07) is 0. The third-order valence-electron chi connectivity index (χ3n) is 17.6. The average molecular weight is 1980 g/mol. The van der Waals surface area contributed by atoms with Gasteiger partial charge in [-0.3, -0.25) is 62.1 Å². The number of ketones is 3. The van der Waals surface area contributed by atoms with Crippen LogP contribution in [0.5, 0.6) is 0 Å². The summed E-state index contributed by atoms with van der Waals surface area (Å²) in [6.07, 6.45) is 65.0. The predicted molar refractivity (Wildman–Crippen MR) is 502 cm³/mol. The van der Waals surface area contributed by atoms with Crippen molar-refractivity contribution in [3.05, 3.63) is 189 Å². The number of methoxy groups -OCH3 is 5. The Balaban J connectivity index is -0.000000250. The van der Waals surface area contributed by atoms with Crippen LogP contribution >= 0.6 is 92.3 Å². The number of hydrogen-bond acceptors (Lipinski definition) is 22. The second-order valence-electron chi connectivity index (χ2n) is 27.5. The number of cyclic esters (lactones) is 2. The first-order valence-corrected chi connectivity index (χ1v) is 50.7. The molecule has 37 heteroatoms. The van der Waals surface area contributed by atoms with E-state index in [1.807, 2.05) is 60.8 Å². The summed E-state index contributed by atoms with van der Waals surface area (Å²) < 4.78 is 42.1. The number of allylic oxidation sites excluding steroid dienone is 30. The van der Waals surface area contributed by atoms with Gasteiger partial charge >= 0.3 is 89.2 Å². The first kappa shape index (κ1) is 134. The van der Waals surface area contributed by atoms with E-state index in [0.717, 1.165) is 149 Å². The maximum atomic E-state index is 11.2. The molecule has 0 saturated carbocycles. The van der Waals surface area contributed by atoms with Crippen LogP contribution in [0.3, 0.4) is 0 Å². The fraction of sp³-hybridized carbons (Fsp3) is 0.511. The molecule has 26 nitrogen and oxygen atoms in total. The van der Waals surface area contributed by atoms with Crippen molar-refractivity contribution >= 4 is 175 Å². The van der Waals surface area contributed by atoms with Gasteiger partial charge < -0.3 is 64.5 Å². The predicted octanol–water partition coefficient (Wildman–Crippen LogP) is 19.2. The third kappa shape index (κ3) is 86.1. The summed E-state index contributed by atoms with van der Waals surface area (Å²) in [5.41, 5.74) is 11.2. The van der Waals surface area contributed by atoms with E-state index in [2.05, 4.69) is 125 Å². The van der Waals surface area contributed by atoms with E-state index >= 15 is 0 Å². The van der Waals surface area contributed by atoms with Gasteiger partial charge in [-0.25, -0.2) is 30.1 Å². The van der Waals surface area contributed by atoms with Crippen LogP contribution in [0.1, 0.15) is 241 Å². The van der Waals surface area contributed by atoms with Crippen molar-refractivity contribution in [1.29, 1.82) is 0 Å². The van der Waals surface area contributed by atoms with Crippen molar-refractivity contribution in [1.82, 2.24) is 0 Å². The molecule has 0 aromatic carbocycles. The van der Waals surface area contributed by atoms with Crippen molar-refractivity contribution in [2.45, 2.75) is 253 Å². The Morgan fingerprint density at radius 1 is 0.488 bits per heavy atom. The topological polar surface area (TPSA) is 429 Å². The minimum Gasteiger partial charge on any atom is -0.870 e. The Morgan fingerprint density at radius 3 is 1.07 bits per heavy atom. The molecule has 0 amide bonds. The number of Topliss-reactive ketones (excluding diaryl/α,β-unsaturated/α-hetero) is 3. The standard InChI is InChI=1S/C12H18O3.C12H16O3.C11H16O3.C11H14O3.C10H14O2.C9H10O3.C9H12O2.C5H10O.C5H6.C4H4O3.CH2Cl2.CH4.Al.Cl3OP.3ClH.Li.2H2O/c2*1-9(13)11-7-6-10(8-11)4-3-5-12(14)15-2;1-13-10-7-6-9(8-10)4-3-5-11(12)14-2;1-8(12)10-6-5-9(7-10)3-2-4-11(13)14;1-12-10(11)8-4-7-9-5-2-3-6-9;10-8(5-6-9(11)12)7-3-1-2-4-7;10-9(11)7-3-6-8-4-1-2-5-8;1-5-3-2-4-6-5;1-2-4-5-3-1;5-3-1-2-4(6)7-3;2-1-3;;;1-5(2,3)4;;;;;;/h6-7,9,13H,3-5,8H2,1-2H3;6-7H,3-5,8H2,1-2H3;6-7H,3-5,8H2,1-2H3;5-6H,2-4,7H2,1H3,(H,13,14);2-3,5H,4,6-8H2,1H3;1-3H,4-6H2,(H,11,12);1-2,4H,3,5-7H2,(H,10,11);5H,2-4H2,1H3;1-4H,5H2;1-2H2;1H2;1H4;;;3*1H;;2*1H2/q;;;;;;;;;;;;+3;;;;;+1;;/p-4. The molecule has 2 atom stereocenters. The number of hydrogen-bond donors (Lipinski definition) is 4. The van der Waals surface area contributed by atoms with E-state index in [1.165, 1.54) is 69.1 Å². The molecule has 0 aromatic rings. The molecule has 8 aliphatic carbocycles. The Morgan fingerprint density at radius 2 is 0.827 bits per heavy atom. The molecule has 2 aliphatic heterocycles. The van der Waals surface area contributed by atoms with Gasteiger partial charge in [-0.2, -0.15) is 0 Å². The van der Waals surface area contributed by atoms with Gasteiger partial charge in [0.1, 0.15) is 0 Å². The number of halogens is 8. The zero-order valence-corrected chi connectivity index (χ0v) is 81.9. The Kier molecular flexibility index (Phi) is 90.9. The molecule has 2 heterocycles. The van der Waals surface area contributed by atoms with Gasteiger partial charge in [-0.1, -0.05) is 162 Å². The van der Waals surface area contributed by atoms with Gasteiger partial charge in [0.25, 0.3) is 0 Å². The molecule has 2 unspecified atom stereocenters. The van der Waals surface area contributed by atoms with E-state index in [0.29, 0.717) is 51.0 Å². The molecule has 0 spiro atoms. The maximum Gasteiger partial charge on any atom is 1.00 e. The molecule has 10 rings (SSSR count). The average Bonchev–Trinajstić information content (AvgIpc) is 1.78. The number of carbonyl (C=O) groups is 12. The van der Waals surface area contributed by atoms with E-state index < -0.39 is 46.4 Å². The third-order valence-corrected chi connectivity index (χ3v) is 17.6. The number of alkyl halides is 2. The van der Waals surface area contributed by atoms with E-state index in [1.54, 1.807) is 34.0 Å². The Labute approximate surface area is 803 Å². The molecule has 0 bridgehead atoms. The van der Waals surface area contributed by atoms with Crippen molar-refractivity contribution < 1.29 is 145 Å². The number of ether oxygens (including phenoxy) is 7. The molecule has 0 aromatic heterocycles. The minimum absolute atomic E-state index is 0. The van der Waals surface area contributed by atoms with Crippen LogP contribution in [0, 0.1) is 0 Å². The largest absolute Gasteiger partial charge is 1.00 e. The van der Waals surface area contributed by atoms with Crippen molar-refractivity contribution in [3.8, 4) is 0 Å². The molecule has 2 fully saturated rings.